The minimum atomic E-state index is -1.35. The van der Waals surface area contributed by atoms with Crippen LogP contribution in [0.3, 0.4) is 0 Å². The van der Waals surface area contributed by atoms with Crippen LogP contribution in [0, 0.1) is 0 Å². The van der Waals surface area contributed by atoms with Crippen LogP contribution in [0.25, 0.3) is 0 Å². The van der Waals surface area contributed by atoms with Crippen LogP contribution < -0.4 is 5.73 Å². The molecule has 0 fully saturated rings. The van der Waals surface area contributed by atoms with Gasteiger partial charge in [-0.15, -0.1) is 11.3 Å². The second-order valence-corrected chi connectivity index (χ2v) is 4.86. The lowest BCUT2D eigenvalue weighted by Crippen LogP contribution is -2.33. The second-order valence-electron chi connectivity index (χ2n) is 3.91. The smallest absolute Gasteiger partial charge is 0.350 e. The van der Waals surface area contributed by atoms with Crippen LogP contribution in [-0.2, 0) is 16.2 Å². The molecule has 0 spiro atoms. The molecule has 1 rings (SSSR count). The zero-order valence-electron chi connectivity index (χ0n) is 9.93. The van der Waals surface area contributed by atoms with Gasteiger partial charge in [0.05, 0.1) is 5.69 Å². The molecular weight excluding hydrogens is 242 g/mol. The molecule has 0 bridgehead atoms. The third kappa shape index (κ3) is 3.50. The number of hydrogen-bond acceptors (Lipinski definition) is 6. The van der Waals surface area contributed by atoms with Gasteiger partial charge in [-0.25, -0.2) is 9.78 Å². The minimum absolute atomic E-state index is 0.374. The molecule has 3 N–H and O–H groups in total. The van der Waals surface area contributed by atoms with E-state index in [1.165, 1.54) is 25.2 Å². The van der Waals surface area contributed by atoms with Gasteiger partial charge in [-0.3, -0.25) is 0 Å². The van der Waals surface area contributed by atoms with Crippen molar-refractivity contribution < 1.29 is 14.7 Å². The molecule has 1 heterocycles. The fraction of sp³-hybridized carbons (Fsp3) is 0.500. The summed E-state index contributed by atoms with van der Waals surface area (Å²) in [4.78, 5) is 20.0. The zero-order valence-corrected chi connectivity index (χ0v) is 10.7. The molecule has 0 amide bonds. The van der Waals surface area contributed by atoms with E-state index >= 15 is 0 Å². The van der Waals surface area contributed by atoms with E-state index in [0.717, 1.165) is 5.01 Å². The summed E-state index contributed by atoms with van der Waals surface area (Å²) >= 11 is 1.43. The number of aliphatic carboxylic acids is 1. The number of oxime groups is 1. The highest BCUT2D eigenvalue weighted by molar-refractivity contribution is 7.09. The van der Waals surface area contributed by atoms with Crippen molar-refractivity contribution in [2.45, 2.75) is 32.9 Å². The lowest BCUT2D eigenvalue weighted by atomic mass is 10.1. The Labute approximate surface area is 103 Å². The zero-order chi connectivity index (χ0) is 13.1. The van der Waals surface area contributed by atoms with Crippen molar-refractivity contribution in [1.82, 2.24) is 4.98 Å². The van der Waals surface area contributed by atoms with Crippen molar-refractivity contribution in [3.8, 4) is 0 Å². The van der Waals surface area contributed by atoms with E-state index < -0.39 is 11.6 Å². The molecule has 0 radical (unpaired) electrons. The topological polar surface area (TPSA) is 97.8 Å². The minimum Gasteiger partial charge on any atom is -0.478 e. The van der Waals surface area contributed by atoms with Crippen molar-refractivity contribution >= 4 is 23.0 Å². The third-order valence-electron chi connectivity index (χ3n) is 2.02. The summed E-state index contributed by atoms with van der Waals surface area (Å²) in [6, 6.07) is 0. The van der Waals surface area contributed by atoms with Crippen LogP contribution in [0.4, 0.5) is 0 Å². The normalized spacial score (nSPS) is 12.6. The molecule has 94 valence electrons. The second kappa shape index (κ2) is 5.24. The number of carboxylic acid groups (broad SMARTS) is 1. The van der Waals surface area contributed by atoms with Crippen LogP contribution >= 0.6 is 11.3 Å². The highest BCUT2D eigenvalue weighted by Gasteiger charge is 2.29. The standard InChI is InChI=1S/C10H15N3O3S/c1-6(7-5-17-8(4-11)12-7)13-16-10(2,3)9(14)15/h5H,4,11H2,1-3H3,(H,14,15)/b13-6+. The monoisotopic (exact) mass is 257 g/mol. The molecule has 6 nitrogen and oxygen atoms in total. The third-order valence-corrected chi connectivity index (χ3v) is 2.89. The van der Waals surface area contributed by atoms with E-state index in [9.17, 15) is 4.79 Å². The van der Waals surface area contributed by atoms with Gasteiger partial charge in [-0.05, 0) is 20.8 Å². The van der Waals surface area contributed by atoms with Crippen LogP contribution in [0.1, 0.15) is 31.5 Å². The summed E-state index contributed by atoms with van der Waals surface area (Å²) in [7, 11) is 0. The Balaban J connectivity index is 2.76. The van der Waals surface area contributed by atoms with E-state index in [1.54, 1.807) is 12.3 Å². The van der Waals surface area contributed by atoms with Gasteiger partial charge in [0.2, 0.25) is 5.60 Å². The van der Waals surface area contributed by atoms with Crippen LogP contribution in [0.15, 0.2) is 10.5 Å². The summed E-state index contributed by atoms with van der Waals surface area (Å²) in [5.41, 5.74) is 5.27. The average Bonchev–Trinajstić information content (AvgIpc) is 2.74. The Kier molecular flexibility index (Phi) is 4.19. The van der Waals surface area contributed by atoms with Gasteiger partial charge in [0.15, 0.2) is 0 Å². The Bertz CT molecular complexity index is 440. The van der Waals surface area contributed by atoms with Crippen molar-refractivity contribution in [3.63, 3.8) is 0 Å². The molecule has 0 aliphatic carbocycles. The van der Waals surface area contributed by atoms with Gasteiger partial charge >= 0.3 is 5.97 Å². The fourth-order valence-corrected chi connectivity index (χ4v) is 1.56. The van der Waals surface area contributed by atoms with Crippen molar-refractivity contribution in [1.29, 1.82) is 0 Å². The average molecular weight is 257 g/mol. The summed E-state index contributed by atoms with van der Waals surface area (Å²) in [5, 5.41) is 15.2. The largest absolute Gasteiger partial charge is 0.478 e. The maximum absolute atomic E-state index is 10.8. The number of thiazole rings is 1. The lowest BCUT2D eigenvalue weighted by Gasteiger charge is -2.16. The predicted molar refractivity (Wildman–Crippen MR) is 65.0 cm³/mol. The summed E-state index contributed by atoms with van der Waals surface area (Å²) in [5.74, 6) is -1.07. The molecule has 0 aliphatic rings. The summed E-state index contributed by atoms with van der Waals surface area (Å²) < 4.78 is 0. The molecule has 7 heteroatoms. The molecule has 1 aromatic rings. The molecule has 0 unspecified atom stereocenters. The fourth-order valence-electron chi connectivity index (χ4n) is 0.839. The Hall–Kier alpha value is -1.47. The molecule has 0 aromatic carbocycles. The molecule has 0 saturated heterocycles. The highest BCUT2D eigenvalue weighted by Crippen LogP contribution is 2.13. The van der Waals surface area contributed by atoms with Crippen molar-refractivity contribution in [2.24, 2.45) is 10.9 Å². The first kappa shape index (κ1) is 13.6. The van der Waals surface area contributed by atoms with E-state index in [-0.39, 0.29) is 0 Å². The van der Waals surface area contributed by atoms with Crippen molar-refractivity contribution in [2.75, 3.05) is 0 Å². The maximum atomic E-state index is 10.8. The molecule has 0 saturated carbocycles. The first-order valence-corrected chi connectivity index (χ1v) is 5.86. The van der Waals surface area contributed by atoms with E-state index in [1.807, 2.05) is 0 Å². The van der Waals surface area contributed by atoms with Crippen molar-refractivity contribution in [3.05, 3.63) is 16.1 Å². The van der Waals surface area contributed by atoms with Crippen LogP contribution in [0.2, 0.25) is 0 Å². The number of carboxylic acids is 1. The van der Waals surface area contributed by atoms with Gasteiger partial charge in [-0.1, -0.05) is 5.16 Å². The summed E-state index contributed by atoms with van der Waals surface area (Å²) in [6.45, 7) is 4.93. The number of nitrogens with zero attached hydrogens (tertiary/aromatic N) is 2. The quantitative estimate of drug-likeness (QED) is 0.610. The number of hydrogen-bond donors (Lipinski definition) is 2. The predicted octanol–water partition coefficient (Wildman–Crippen LogP) is 1.21. The molecule has 0 aliphatic heterocycles. The van der Waals surface area contributed by atoms with Crippen LogP contribution in [-0.4, -0.2) is 27.4 Å². The first-order chi connectivity index (χ1) is 7.86. The summed E-state index contributed by atoms with van der Waals surface area (Å²) in [6.07, 6.45) is 0. The number of rotatable bonds is 5. The van der Waals surface area contributed by atoms with Gasteiger partial charge in [-0.2, -0.15) is 0 Å². The Morgan fingerprint density at radius 1 is 1.71 bits per heavy atom. The Morgan fingerprint density at radius 2 is 2.35 bits per heavy atom. The van der Waals surface area contributed by atoms with Gasteiger partial charge in [0.1, 0.15) is 10.7 Å². The molecule has 0 atom stereocenters. The Morgan fingerprint density at radius 3 is 2.82 bits per heavy atom. The maximum Gasteiger partial charge on any atom is 0.350 e. The molecular formula is C10H15N3O3S. The lowest BCUT2D eigenvalue weighted by molar-refractivity contribution is -0.161. The van der Waals surface area contributed by atoms with Crippen LogP contribution in [0.5, 0.6) is 0 Å². The van der Waals surface area contributed by atoms with Gasteiger partial charge in [0, 0.05) is 11.9 Å². The highest BCUT2D eigenvalue weighted by atomic mass is 32.1. The number of carbonyl (C=O) groups is 1. The SMILES string of the molecule is C/C(=N\OC(C)(C)C(=O)O)c1csc(CN)n1. The first-order valence-electron chi connectivity index (χ1n) is 4.98. The van der Waals surface area contributed by atoms with E-state index in [0.29, 0.717) is 18.0 Å². The van der Waals surface area contributed by atoms with E-state index in [4.69, 9.17) is 15.7 Å². The molecule has 17 heavy (non-hydrogen) atoms. The van der Waals surface area contributed by atoms with Gasteiger partial charge < -0.3 is 15.7 Å². The number of nitrogens with two attached hydrogens (primary N) is 1. The number of aromatic nitrogens is 1. The van der Waals surface area contributed by atoms with Gasteiger partial charge in [0.25, 0.3) is 0 Å². The van der Waals surface area contributed by atoms with E-state index in [2.05, 4.69) is 10.1 Å². The molecule has 1 aromatic heterocycles.